The first-order chi connectivity index (χ1) is 23.0. The molecule has 4 N–H and O–H groups in total. The lowest BCUT2D eigenvalue weighted by Gasteiger charge is -2.39. The van der Waals surface area contributed by atoms with E-state index in [-0.39, 0.29) is 25.1 Å². The molecule has 0 saturated carbocycles. The number of aryl methyl sites for hydroxylation is 1. The van der Waals surface area contributed by atoms with Gasteiger partial charge in [0, 0.05) is 19.0 Å². The van der Waals surface area contributed by atoms with Crippen LogP contribution in [0.1, 0.15) is 81.2 Å². The molecule has 14 nitrogen and oxygen atoms in total. The van der Waals surface area contributed by atoms with Gasteiger partial charge in [0.1, 0.15) is 34.8 Å². The van der Waals surface area contributed by atoms with Crippen LogP contribution in [0, 0.1) is 5.92 Å². The second kappa shape index (κ2) is 14.8. The van der Waals surface area contributed by atoms with Crippen LogP contribution in [0.25, 0.3) is 11.1 Å². The summed E-state index contributed by atoms with van der Waals surface area (Å²) < 4.78 is 26.6. The molecule has 0 bridgehead atoms. The van der Waals surface area contributed by atoms with E-state index in [9.17, 15) is 19.5 Å². The highest BCUT2D eigenvalue weighted by Gasteiger charge is 2.48. The van der Waals surface area contributed by atoms with Crippen molar-refractivity contribution in [1.29, 1.82) is 0 Å². The number of rotatable bonds is 10. The van der Waals surface area contributed by atoms with E-state index in [2.05, 4.69) is 11.4 Å². The molecule has 1 aromatic heterocycles. The minimum atomic E-state index is -1.49. The molecule has 4 rings (SSSR count). The molecule has 3 heterocycles. The fourth-order valence-corrected chi connectivity index (χ4v) is 5.78. The number of carbonyl (C=O) groups is 3. The first-order valence-corrected chi connectivity index (χ1v) is 17.2. The number of nitrogens with one attached hydrogen (secondary N) is 1. The number of carbonyl (C=O) groups excluding carboxylic acids is 3. The summed E-state index contributed by atoms with van der Waals surface area (Å²) in [6.07, 6.45) is 2.59. The summed E-state index contributed by atoms with van der Waals surface area (Å²) in [6.45, 7) is 19.7. The normalized spacial score (nSPS) is 18.6. The van der Waals surface area contributed by atoms with Gasteiger partial charge in [-0.1, -0.05) is 6.07 Å². The number of aromatic nitrogens is 2. The average Bonchev–Trinajstić information content (AvgIpc) is 3.35. The Labute approximate surface area is 295 Å². The molecule has 1 fully saturated rings. The van der Waals surface area contributed by atoms with Crippen LogP contribution < -0.4 is 20.6 Å². The maximum atomic E-state index is 13.0. The lowest BCUT2D eigenvalue weighted by Crippen LogP contribution is -2.56. The first-order valence-electron chi connectivity index (χ1n) is 17.2. The SMILES string of the molecule is CC(C)(C)OC(=O)NC[C@H](O)C[n+]1cc(-c2ccc3c(c2)CC[C@H]([C@](C)(ON)C(=O)OC(C)(C)C)O3)cn1CC1CN(C(=O)OC(C)(C)C)C1. The monoisotopic (exact) mass is 702 g/mol. The van der Waals surface area contributed by atoms with Gasteiger partial charge in [-0.25, -0.2) is 20.3 Å². The third-order valence-electron chi connectivity index (χ3n) is 8.24. The Hall–Kier alpha value is -3.88. The van der Waals surface area contributed by atoms with Crippen LogP contribution in [0.15, 0.2) is 30.6 Å². The Morgan fingerprint density at radius 2 is 1.62 bits per heavy atom. The summed E-state index contributed by atoms with van der Waals surface area (Å²) in [5.74, 6) is 5.85. The average molecular weight is 703 g/mol. The zero-order chi connectivity index (χ0) is 37.2. The molecule has 0 unspecified atom stereocenters. The van der Waals surface area contributed by atoms with Crippen molar-refractivity contribution in [3.05, 3.63) is 36.2 Å². The molecule has 2 aliphatic rings. The molecular weight excluding hydrogens is 646 g/mol. The number of likely N-dealkylation sites (tertiary alicyclic amines) is 1. The molecule has 2 aromatic rings. The van der Waals surface area contributed by atoms with Crippen LogP contribution in [-0.2, 0) is 43.4 Å². The van der Waals surface area contributed by atoms with Gasteiger partial charge in [0.25, 0.3) is 0 Å². The van der Waals surface area contributed by atoms with Crippen molar-refractivity contribution < 1.29 is 48.0 Å². The summed E-state index contributed by atoms with van der Waals surface area (Å²) in [7, 11) is 0. The number of alkyl carbamates (subject to hydrolysis) is 1. The van der Waals surface area contributed by atoms with E-state index in [1.807, 2.05) is 54.7 Å². The molecule has 1 saturated heterocycles. The maximum Gasteiger partial charge on any atom is 0.410 e. The van der Waals surface area contributed by atoms with Gasteiger partial charge in [-0.3, -0.25) is 4.84 Å². The van der Waals surface area contributed by atoms with Crippen molar-refractivity contribution in [2.24, 2.45) is 11.8 Å². The number of esters is 1. The van der Waals surface area contributed by atoms with Crippen molar-refractivity contribution in [1.82, 2.24) is 14.9 Å². The molecule has 14 heteroatoms. The second-order valence-electron chi connectivity index (χ2n) is 16.4. The standard InChI is InChI=1S/C36H55N5O9/c1-33(2,3)47-30(43)36(10,50-37)29-14-12-25-15-24(11-13-28(25)46-29)26-20-40(19-23-17-39(18-23)32(45)49-35(7,8)9)41(21-26)22-27(42)16-38-31(44)48-34(4,5)6/h11,13,15,20-21,23,27,29,42H,12,14,16-19,22,37H2,1-10H3/p+1/t27-,29+,36-/m0/s1. The van der Waals surface area contributed by atoms with Crippen molar-refractivity contribution in [3.63, 3.8) is 0 Å². The fraction of sp³-hybridized carbons (Fsp3) is 0.667. The van der Waals surface area contributed by atoms with E-state index in [0.717, 1.165) is 16.7 Å². The number of amides is 2. The van der Waals surface area contributed by atoms with Crippen molar-refractivity contribution in [2.75, 3.05) is 19.6 Å². The van der Waals surface area contributed by atoms with E-state index in [1.165, 1.54) is 0 Å². The predicted molar refractivity (Wildman–Crippen MR) is 184 cm³/mol. The molecule has 3 atom stereocenters. The van der Waals surface area contributed by atoms with Crippen molar-refractivity contribution in [3.8, 4) is 16.9 Å². The van der Waals surface area contributed by atoms with Gasteiger partial charge in [-0.05, 0) is 105 Å². The van der Waals surface area contributed by atoms with Gasteiger partial charge in [-0.2, -0.15) is 4.68 Å². The number of fused-ring (bicyclic) bond motifs is 1. The van der Waals surface area contributed by atoms with E-state index >= 15 is 0 Å². The zero-order valence-corrected chi connectivity index (χ0v) is 31.2. The zero-order valence-electron chi connectivity index (χ0n) is 31.2. The van der Waals surface area contributed by atoms with Crippen LogP contribution in [0.3, 0.4) is 0 Å². The Bertz CT molecular complexity index is 1510. The topological polar surface area (TPSA) is 168 Å². The van der Waals surface area contributed by atoms with Gasteiger partial charge in [0.05, 0.1) is 24.8 Å². The highest BCUT2D eigenvalue weighted by atomic mass is 16.7. The number of aliphatic hydroxyl groups excluding tert-OH is 1. The Morgan fingerprint density at radius 3 is 2.22 bits per heavy atom. The second-order valence-corrected chi connectivity index (χ2v) is 16.4. The highest BCUT2D eigenvalue weighted by Crippen LogP contribution is 2.36. The predicted octanol–water partition coefficient (Wildman–Crippen LogP) is 3.88. The number of benzene rings is 1. The van der Waals surface area contributed by atoms with E-state index in [4.69, 9.17) is 29.7 Å². The fourth-order valence-electron chi connectivity index (χ4n) is 5.78. The molecule has 0 radical (unpaired) electrons. The van der Waals surface area contributed by atoms with Gasteiger partial charge in [-0.15, -0.1) is 4.68 Å². The van der Waals surface area contributed by atoms with Gasteiger partial charge < -0.3 is 34.3 Å². The van der Waals surface area contributed by atoms with Crippen molar-refractivity contribution in [2.45, 2.75) is 130 Å². The van der Waals surface area contributed by atoms with Crippen LogP contribution in [-0.4, -0.2) is 87.1 Å². The minimum Gasteiger partial charge on any atom is -0.486 e. The summed E-state index contributed by atoms with van der Waals surface area (Å²) >= 11 is 0. The first kappa shape index (κ1) is 38.9. The van der Waals surface area contributed by atoms with E-state index < -0.39 is 46.7 Å². The third kappa shape index (κ3) is 10.3. The molecule has 2 aliphatic heterocycles. The number of aliphatic hydroxyl groups is 1. The molecular formula is C36H56N5O9+. The lowest BCUT2D eigenvalue weighted by atomic mass is 9.89. The van der Waals surface area contributed by atoms with Gasteiger partial charge in [0.2, 0.25) is 11.8 Å². The molecule has 0 spiro atoms. The van der Waals surface area contributed by atoms with Crippen LogP contribution in [0.5, 0.6) is 5.75 Å². The van der Waals surface area contributed by atoms with E-state index in [1.54, 1.807) is 53.4 Å². The summed E-state index contributed by atoms with van der Waals surface area (Å²) in [4.78, 5) is 44.6. The molecule has 278 valence electrons. The number of nitrogens with two attached hydrogens (primary N) is 1. The van der Waals surface area contributed by atoms with Gasteiger partial charge in [0.15, 0.2) is 6.54 Å². The third-order valence-corrected chi connectivity index (χ3v) is 8.24. The van der Waals surface area contributed by atoms with Gasteiger partial charge >= 0.3 is 18.2 Å². The number of hydrogen-bond acceptors (Lipinski definition) is 10. The van der Waals surface area contributed by atoms with Crippen molar-refractivity contribution >= 4 is 18.2 Å². The number of hydrogen-bond donors (Lipinski definition) is 3. The summed E-state index contributed by atoms with van der Waals surface area (Å²) in [6, 6.07) is 5.86. The molecule has 0 aliphatic carbocycles. The Balaban J connectivity index is 1.51. The quantitative estimate of drug-likeness (QED) is 0.143. The summed E-state index contributed by atoms with van der Waals surface area (Å²) in [5.41, 5.74) is -0.613. The largest absolute Gasteiger partial charge is 0.486 e. The molecule has 1 aromatic carbocycles. The lowest BCUT2D eigenvalue weighted by molar-refractivity contribution is -0.780. The Kier molecular flexibility index (Phi) is 11.5. The molecule has 2 amide bonds. The minimum absolute atomic E-state index is 0.00432. The number of nitrogens with zero attached hydrogens (tertiary/aromatic N) is 3. The van der Waals surface area contributed by atoms with Crippen LogP contribution in [0.4, 0.5) is 9.59 Å². The Morgan fingerprint density at radius 1 is 0.980 bits per heavy atom. The number of ether oxygens (including phenoxy) is 4. The molecule has 50 heavy (non-hydrogen) atoms. The van der Waals surface area contributed by atoms with E-state index in [0.29, 0.717) is 38.2 Å². The van der Waals surface area contributed by atoms with Crippen LogP contribution >= 0.6 is 0 Å². The smallest absolute Gasteiger partial charge is 0.410 e. The highest BCUT2D eigenvalue weighted by molar-refractivity contribution is 5.80. The summed E-state index contributed by atoms with van der Waals surface area (Å²) in [5, 5.41) is 13.5. The maximum absolute atomic E-state index is 13.0. The van der Waals surface area contributed by atoms with Crippen LogP contribution in [0.2, 0.25) is 0 Å².